The smallest absolute Gasteiger partial charge is 0.394 e. The van der Waals surface area contributed by atoms with Crippen LogP contribution in [0.2, 0.25) is 0 Å². The number of hydrogen-bond donors (Lipinski definition) is 12. The van der Waals surface area contributed by atoms with Gasteiger partial charge < -0.3 is 61.3 Å². The fourth-order valence-electron chi connectivity index (χ4n) is 1.79. The number of rotatable bonds is 14. The van der Waals surface area contributed by atoms with Crippen LogP contribution in [0.25, 0.3) is 0 Å². The Morgan fingerprint density at radius 1 is 0.517 bits per heavy atom. The topological polar surface area (TPSA) is 295 Å². The third kappa shape index (κ3) is 8.57. The van der Waals surface area contributed by atoms with E-state index >= 15 is 0 Å². The van der Waals surface area contributed by atoms with E-state index in [0.717, 1.165) is 0 Å². The van der Waals surface area contributed by atoms with E-state index in [9.17, 15) is 49.3 Å². The van der Waals surface area contributed by atoms with Crippen molar-refractivity contribution in [2.24, 2.45) is 0 Å². The standard InChI is InChI=1S/C12H26O16S/c13-1-3(15)5(17)7(19)9(21)11(23)27-29(25,26)28-12(24)10(22)8(20)6(18)4(16)2-14/h3-24H,1-2H2/t3-,4-,5-,6-,7+,8+,9+,10+,11?,12?/m1/s1. The van der Waals surface area contributed by atoms with Crippen LogP contribution in [0.3, 0.4) is 0 Å². The summed E-state index contributed by atoms with van der Waals surface area (Å²) in [6.07, 6.45) is -24.1. The zero-order chi connectivity index (χ0) is 23.1. The SMILES string of the molecule is O=S(=O)(OC(O)[C@@H](O)[C@@H](O)[C@H](O)[C@H](O)CO)OC(O)[C@@H](O)[C@@H](O)[C@H](O)[C@H](O)CO. The molecule has 29 heavy (non-hydrogen) atoms. The van der Waals surface area contributed by atoms with Gasteiger partial charge in [0.1, 0.15) is 48.8 Å². The van der Waals surface area contributed by atoms with Gasteiger partial charge in [-0.15, -0.1) is 0 Å². The molecular formula is C12H26O16S. The first-order chi connectivity index (χ1) is 13.2. The lowest BCUT2D eigenvalue weighted by atomic mass is 10.0. The van der Waals surface area contributed by atoms with E-state index in [-0.39, 0.29) is 0 Å². The normalized spacial score (nSPS) is 23.3. The fourth-order valence-corrected chi connectivity index (χ4v) is 2.55. The van der Waals surface area contributed by atoms with Crippen LogP contribution < -0.4 is 0 Å². The van der Waals surface area contributed by atoms with E-state index < -0.39 is 85.0 Å². The maximum absolute atomic E-state index is 11.6. The third-order valence-electron chi connectivity index (χ3n) is 3.58. The molecule has 0 saturated heterocycles. The second kappa shape index (κ2) is 12.3. The Balaban J connectivity index is 4.97. The highest BCUT2D eigenvalue weighted by atomic mass is 32.3. The molecular weight excluding hydrogens is 432 g/mol. The number of hydrogen-bond acceptors (Lipinski definition) is 16. The molecule has 0 aliphatic carbocycles. The van der Waals surface area contributed by atoms with Crippen molar-refractivity contribution in [3.63, 3.8) is 0 Å². The van der Waals surface area contributed by atoms with Gasteiger partial charge in [0.05, 0.1) is 13.2 Å². The van der Waals surface area contributed by atoms with Gasteiger partial charge in [0, 0.05) is 0 Å². The monoisotopic (exact) mass is 458 g/mol. The van der Waals surface area contributed by atoms with E-state index in [1.807, 2.05) is 0 Å². The molecule has 0 heterocycles. The lowest BCUT2D eigenvalue weighted by Crippen LogP contribution is -2.52. The minimum absolute atomic E-state index is 1.06. The van der Waals surface area contributed by atoms with E-state index in [1.165, 1.54) is 0 Å². The van der Waals surface area contributed by atoms with Crippen molar-refractivity contribution in [3.05, 3.63) is 0 Å². The Morgan fingerprint density at radius 3 is 1.03 bits per heavy atom. The van der Waals surface area contributed by atoms with E-state index in [4.69, 9.17) is 20.4 Å². The molecule has 12 N–H and O–H groups in total. The van der Waals surface area contributed by atoms with Gasteiger partial charge in [-0.1, -0.05) is 0 Å². The highest BCUT2D eigenvalue weighted by molar-refractivity contribution is 7.81. The van der Waals surface area contributed by atoms with E-state index in [0.29, 0.717) is 0 Å². The summed E-state index contributed by atoms with van der Waals surface area (Å²) in [5.74, 6) is 0. The molecule has 0 aliphatic rings. The van der Waals surface area contributed by atoms with Crippen LogP contribution in [0.15, 0.2) is 0 Å². The summed E-state index contributed by atoms with van der Waals surface area (Å²) in [5.41, 5.74) is 0. The van der Waals surface area contributed by atoms with Crippen molar-refractivity contribution in [1.29, 1.82) is 0 Å². The van der Waals surface area contributed by atoms with Crippen LogP contribution in [0.4, 0.5) is 0 Å². The van der Waals surface area contributed by atoms with Crippen LogP contribution >= 0.6 is 0 Å². The van der Waals surface area contributed by atoms with Crippen LogP contribution in [-0.4, -0.2) is 144 Å². The largest absolute Gasteiger partial charge is 0.405 e. The molecule has 0 aromatic rings. The quantitative estimate of drug-likeness (QED) is 0.107. The molecule has 17 heteroatoms. The predicted molar refractivity (Wildman–Crippen MR) is 85.3 cm³/mol. The molecule has 16 nitrogen and oxygen atoms in total. The van der Waals surface area contributed by atoms with Gasteiger partial charge >= 0.3 is 10.4 Å². The van der Waals surface area contributed by atoms with Crippen molar-refractivity contribution >= 4 is 10.4 Å². The maximum atomic E-state index is 11.6. The van der Waals surface area contributed by atoms with Gasteiger partial charge in [0.2, 0.25) is 12.6 Å². The third-order valence-corrected chi connectivity index (χ3v) is 4.45. The Morgan fingerprint density at radius 2 is 0.793 bits per heavy atom. The summed E-state index contributed by atoms with van der Waals surface area (Å²) >= 11 is 0. The van der Waals surface area contributed by atoms with Crippen molar-refractivity contribution in [2.45, 2.75) is 61.4 Å². The average Bonchev–Trinajstić information content (AvgIpc) is 2.67. The first-order valence-corrected chi connectivity index (χ1v) is 9.17. The Hall–Kier alpha value is -0.610. The lowest BCUT2D eigenvalue weighted by molar-refractivity contribution is -0.196. The molecule has 0 spiro atoms. The van der Waals surface area contributed by atoms with Crippen LogP contribution in [0.5, 0.6) is 0 Å². The molecule has 0 radical (unpaired) electrons. The summed E-state index contributed by atoms with van der Waals surface area (Å²) < 4.78 is 30.8. The highest BCUT2D eigenvalue weighted by Gasteiger charge is 2.40. The zero-order valence-electron chi connectivity index (χ0n) is 14.6. The molecule has 0 fully saturated rings. The summed E-state index contributed by atoms with van der Waals surface area (Å²) in [7, 11) is -5.47. The zero-order valence-corrected chi connectivity index (χ0v) is 15.4. The van der Waals surface area contributed by atoms with Gasteiger partial charge in [0.15, 0.2) is 0 Å². The Labute approximate surface area is 164 Å². The molecule has 0 amide bonds. The van der Waals surface area contributed by atoms with Crippen molar-refractivity contribution in [2.75, 3.05) is 13.2 Å². The predicted octanol–water partition coefficient (Wildman–Crippen LogP) is -8.23. The van der Waals surface area contributed by atoms with Crippen LogP contribution in [0.1, 0.15) is 0 Å². The van der Waals surface area contributed by atoms with Gasteiger partial charge in [-0.3, -0.25) is 0 Å². The second-order valence-corrected chi connectivity index (χ2v) is 7.03. The van der Waals surface area contributed by atoms with Gasteiger partial charge in [-0.05, 0) is 0 Å². The molecule has 0 bridgehead atoms. The van der Waals surface area contributed by atoms with Crippen molar-refractivity contribution < 1.29 is 78.1 Å². The molecule has 0 aromatic carbocycles. The average molecular weight is 458 g/mol. The number of aliphatic hydroxyl groups excluding tert-OH is 12. The Bertz CT molecular complexity index is 516. The van der Waals surface area contributed by atoms with Gasteiger partial charge in [-0.2, -0.15) is 8.42 Å². The fraction of sp³-hybridized carbons (Fsp3) is 1.00. The number of aliphatic hydroxyl groups is 12. The molecule has 0 aromatic heterocycles. The second-order valence-electron chi connectivity index (χ2n) is 5.83. The molecule has 2 unspecified atom stereocenters. The molecule has 0 rings (SSSR count). The minimum Gasteiger partial charge on any atom is -0.394 e. The van der Waals surface area contributed by atoms with Crippen LogP contribution in [-0.2, 0) is 18.8 Å². The van der Waals surface area contributed by atoms with E-state index in [1.54, 1.807) is 0 Å². The molecule has 0 saturated carbocycles. The van der Waals surface area contributed by atoms with Gasteiger partial charge in [0.25, 0.3) is 0 Å². The summed E-state index contributed by atoms with van der Waals surface area (Å²) in [5, 5.41) is 111. The first-order valence-electron chi connectivity index (χ1n) is 7.84. The maximum Gasteiger partial charge on any atom is 0.405 e. The van der Waals surface area contributed by atoms with Crippen LogP contribution in [0, 0.1) is 0 Å². The van der Waals surface area contributed by atoms with E-state index in [2.05, 4.69) is 8.37 Å². The lowest BCUT2D eigenvalue weighted by Gasteiger charge is -2.29. The first kappa shape index (κ1) is 28.4. The Kier molecular flexibility index (Phi) is 12.0. The molecule has 10 atom stereocenters. The highest BCUT2D eigenvalue weighted by Crippen LogP contribution is 2.15. The van der Waals surface area contributed by atoms with Crippen molar-refractivity contribution in [3.8, 4) is 0 Å². The minimum atomic E-state index is -5.47. The molecule has 176 valence electrons. The summed E-state index contributed by atoms with van der Waals surface area (Å²) in [4.78, 5) is 0. The molecule has 0 aliphatic heterocycles. The summed E-state index contributed by atoms with van der Waals surface area (Å²) in [6.45, 7) is -2.13. The van der Waals surface area contributed by atoms with Gasteiger partial charge in [-0.25, -0.2) is 8.37 Å². The van der Waals surface area contributed by atoms with Crippen molar-refractivity contribution in [1.82, 2.24) is 0 Å². The summed E-state index contributed by atoms with van der Waals surface area (Å²) in [6, 6.07) is 0.